The lowest BCUT2D eigenvalue weighted by Crippen LogP contribution is -2.13. The molecule has 4 N–H and O–H groups in total. The van der Waals surface area contributed by atoms with E-state index < -0.39 is 5.56 Å². The van der Waals surface area contributed by atoms with E-state index in [0.717, 1.165) is 0 Å². The summed E-state index contributed by atoms with van der Waals surface area (Å²) in [6, 6.07) is 0. The molecule has 5 nitrogen and oxygen atoms in total. The maximum atomic E-state index is 10.6. The molecule has 0 spiro atoms. The largest absolute Gasteiger partial charge is 0.504 e. The molecule has 0 fully saturated rings. The van der Waals surface area contributed by atoms with Gasteiger partial charge in [-0.25, -0.2) is 5.10 Å². The first-order chi connectivity index (χ1) is 4.63. The van der Waals surface area contributed by atoms with E-state index in [0.29, 0.717) is 5.69 Å². The third-order valence-electron chi connectivity index (χ3n) is 1.17. The molecule has 10 heavy (non-hydrogen) atoms. The van der Waals surface area contributed by atoms with Crippen molar-refractivity contribution in [2.45, 2.75) is 6.92 Å². The van der Waals surface area contributed by atoms with E-state index in [1.807, 2.05) is 0 Å². The number of rotatable bonds is 0. The summed E-state index contributed by atoms with van der Waals surface area (Å²) in [5.41, 5.74) is 4.71. The fourth-order valence-electron chi connectivity index (χ4n) is 0.550. The van der Waals surface area contributed by atoms with Crippen molar-refractivity contribution in [1.29, 1.82) is 0 Å². The predicted molar refractivity (Wildman–Crippen MR) is 35.7 cm³/mol. The summed E-state index contributed by atoms with van der Waals surface area (Å²) >= 11 is 0. The van der Waals surface area contributed by atoms with Crippen LogP contribution in [-0.2, 0) is 0 Å². The van der Waals surface area contributed by atoms with Crippen molar-refractivity contribution in [3.63, 3.8) is 0 Å². The van der Waals surface area contributed by atoms with Crippen LogP contribution in [0.2, 0.25) is 0 Å². The van der Waals surface area contributed by atoms with Crippen molar-refractivity contribution < 1.29 is 5.11 Å². The summed E-state index contributed by atoms with van der Waals surface area (Å²) in [5.74, 6) is -0.247. The summed E-state index contributed by atoms with van der Waals surface area (Å²) < 4.78 is 0. The molecule has 0 aliphatic rings. The van der Waals surface area contributed by atoms with Crippen LogP contribution in [0.1, 0.15) is 5.69 Å². The molecular formula is C5H7N3O2. The number of nitrogens with one attached hydrogen (secondary N) is 1. The maximum absolute atomic E-state index is 10.6. The minimum absolute atomic E-state index is 0.187. The Morgan fingerprint density at radius 1 is 1.70 bits per heavy atom. The number of aromatic nitrogens is 2. The molecule has 1 aromatic rings. The molecule has 0 radical (unpaired) electrons. The fraction of sp³-hybridized carbons (Fsp3) is 0.200. The van der Waals surface area contributed by atoms with E-state index in [4.69, 9.17) is 10.8 Å². The van der Waals surface area contributed by atoms with Gasteiger partial charge in [-0.1, -0.05) is 0 Å². The third-order valence-corrected chi connectivity index (χ3v) is 1.17. The van der Waals surface area contributed by atoms with Gasteiger partial charge >= 0.3 is 0 Å². The third kappa shape index (κ3) is 0.812. The normalized spacial score (nSPS) is 9.70. The molecule has 0 bridgehead atoms. The highest BCUT2D eigenvalue weighted by Gasteiger charge is 2.04. The average molecular weight is 141 g/mol. The lowest BCUT2D eigenvalue weighted by molar-refractivity contribution is 0.467. The van der Waals surface area contributed by atoms with Crippen LogP contribution >= 0.6 is 0 Å². The van der Waals surface area contributed by atoms with Gasteiger partial charge in [0.25, 0.3) is 5.56 Å². The molecule has 0 amide bonds. The first kappa shape index (κ1) is 6.60. The topological polar surface area (TPSA) is 92.0 Å². The second-order valence-corrected chi connectivity index (χ2v) is 1.90. The van der Waals surface area contributed by atoms with Crippen molar-refractivity contribution >= 4 is 5.69 Å². The van der Waals surface area contributed by atoms with Crippen LogP contribution in [0.5, 0.6) is 5.75 Å². The number of aromatic hydroxyl groups is 1. The van der Waals surface area contributed by atoms with Crippen molar-refractivity contribution in [1.82, 2.24) is 10.2 Å². The van der Waals surface area contributed by atoms with Gasteiger partial charge in [0.05, 0.1) is 0 Å². The predicted octanol–water partition coefficient (Wildman–Crippen LogP) is -0.634. The monoisotopic (exact) mass is 141 g/mol. The van der Waals surface area contributed by atoms with Gasteiger partial charge in [0, 0.05) is 0 Å². The van der Waals surface area contributed by atoms with Gasteiger partial charge in [-0.2, -0.15) is 5.10 Å². The highest BCUT2D eigenvalue weighted by molar-refractivity contribution is 5.50. The Hall–Kier alpha value is -1.52. The number of nitrogens with two attached hydrogens (primary N) is 1. The molecule has 0 aliphatic carbocycles. The van der Waals surface area contributed by atoms with Crippen molar-refractivity contribution in [2.24, 2.45) is 0 Å². The standard InChI is InChI=1S/C5H7N3O2/c1-2-4(9)3(6)5(10)8-7-2/h1H3,(H2,6,7)(H2,8,9,10). The Bertz CT molecular complexity index is 304. The highest BCUT2D eigenvalue weighted by Crippen LogP contribution is 2.15. The number of aromatic amines is 1. The lowest BCUT2D eigenvalue weighted by Gasteiger charge is -1.97. The van der Waals surface area contributed by atoms with Crippen molar-refractivity contribution in [3.05, 3.63) is 16.0 Å². The number of nitrogens with zero attached hydrogens (tertiary/aromatic N) is 1. The van der Waals surface area contributed by atoms with Crippen LogP contribution in [0, 0.1) is 6.92 Å². The number of H-pyrrole nitrogens is 1. The van der Waals surface area contributed by atoms with Crippen LogP contribution in [0.4, 0.5) is 5.69 Å². The molecule has 0 atom stereocenters. The number of hydrogen-bond donors (Lipinski definition) is 3. The Morgan fingerprint density at radius 3 is 2.80 bits per heavy atom. The van der Waals surface area contributed by atoms with Gasteiger partial charge in [-0.15, -0.1) is 0 Å². The zero-order valence-corrected chi connectivity index (χ0v) is 5.38. The zero-order valence-electron chi connectivity index (χ0n) is 5.38. The van der Waals surface area contributed by atoms with Gasteiger partial charge in [0.2, 0.25) is 0 Å². The number of aryl methyl sites for hydroxylation is 1. The van der Waals surface area contributed by atoms with Gasteiger partial charge < -0.3 is 10.8 Å². The molecule has 1 aromatic heterocycles. The fourth-order valence-corrected chi connectivity index (χ4v) is 0.550. The minimum Gasteiger partial charge on any atom is -0.504 e. The molecular weight excluding hydrogens is 134 g/mol. The van der Waals surface area contributed by atoms with Crippen molar-refractivity contribution in [2.75, 3.05) is 5.73 Å². The van der Waals surface area contributed by atoms with E-state index in [9.17, 15) is 4.79 Å². The maximum Gasteiger partial charge on any atom is 0.291 e. The Labute approximate surface area is 56.5 Å². The minimum atomic E-state index is -0.567. The molecule has 1 rings (SSSR count). The average Bonchev–Trinajstić information content (AvgIpc) is 1.93. The van der Waals surface area contributed by atoms with Crippen LogP contribution in [-0.4, -0.2) is 15.3 Å². The lowest BCUT2D eigenvalue weighted by atomic mass is 10.3. The molecule has 0 aliphatic heterocycles. The SMILES string of the molecule is Cc1n[nH]c(=O)c(N)c1O. The Balaban J connectivity index is 3.49. The summed E-state index contributed by atoms with van der Waals surface area (Å²) in [6.45, 7) is 1.54. The Morgan fingerprint density at radius 2 is 2.30 bits per heavy atom. The van der Waals surface area contributed by atoms with E-state index in [-0.39, 0.29) is 11.4 Å². The first-order valence-electron chi connectivity index (χ1n) is 2.66. The molecule has 0 saturated carbocycles. The van der Waals surface area contributed by atoms with E-state index in [1.165, 1.54) is 0 Å². The van der Waals surface area contributed by atoms with Crippen LogP contribution in [0.25, 0.3) is 0 Å². The van der Waals surface area contributed by atoms with E-state index in [2.05, 4.69) is 10.2 Å². The molecule has 1 heterocycles. The quantitative estimate of drug-likeness (QED) is 0.448. The molecule has 0 saturated heterocycles. The first-order valence-corrected chi connectivity index (χ1v) is 2.66. The highest BCUT2D eigenvalue weighted by atomic mass is 16.3. The number of nitrogen functional groups attached to an aromatic ring is 1. The molecule has 0 aromatic carbocycles. The smallest absolute Gasteiger partial charge is 0.291 e. The second kappa shape index (κ2) is 2.02. The summed E-state index contributed by atoms with van der Waals surface area (Å²) in [6.07, 6.45) is 0. The molecule has 0 unspecified atom stereocenters. The van der Waals surface area contributed by atoms with Gasteiger partial charge in [-0.3, -0.25) is 4.79 Å². The number of hydrogen-bond acceptors (Lipinski definition) is 4. The van der Waals surface area contributed by atoms with Gasteiger partial charge in [0.1, 0.15) is 11.4 Å². The van der Waals surface area contributed by atoms with E-state index >= 15 is 0 Å². The molecule has 5 heteroatoms. The van der Waals surface area contributed by atoms with Gasteiger partial charge in [-0.05, 0) is 6.92 Å². The zero-order chi connectivity index (χ0) is 7.72. The number of anilines is 1. The van der Waals surface area contributed by atoms with E-state index in [1.54, 1.807) is 6.92 Å². The van der Waals surface area contributed by atoms with Crippen LogP contribution in [0.3, 0.4) is 0 Å². The van der Waals surface area contributed by atoms with Crippen LogP contribution in [0.15, 0.2) is 4.79 Å². The second-order valence-electron chi connectivity index (χ2n) is 1.90. The van der Waals surface area contributed by atoms with Gasteiger partial charge in [0.15, 0.2) is 5.75 Å². The summed E-state index contributed by atoms with van der Waals surface area (Å²) in [4.78, 5) is 10.6. The Kier molecular flexibility index (Phi) is 1.33. The summed E-state index contributed by atoms with van der Waals surface area (Å²) in [7, 11) is 0. The molecule has 54 valence electrons. The van der Waals surface area contributed by atoms with Crippen molar-refractivity contribution in [3.8, 4) is 5.75 Å². The van der Waals surface area contributed by atoms with Crippen LogP contribution < -0.4 is 11.3 Å². The summed E-state index contributed by atoms with van der Waals surface area (Å²) in [5, 5.41) is 14.6.